The van der Waals surface area contributed by atoms with E-state index in [4.69, 9.17) is 6.42 Å². The molecule has 1 rings (SSSR count). The summed E-state index contributed by atoms with van der Waals surface area (Å²) >= 11 is 0. The fraction of sp³-hybridized carbons (Fsp3) is 0.364. The monoisotopic (exact) mass is 177 g/mol. The lowest BCUT2D eigenvalue weighted by molar-refractivity contribution is 0.790. The summed E-state index contributed by atoms with van der Waals surface area (Å²) in [7, 11) is 0. The van der Waals surface area contributed by atoms with Crippen LogP contribution < -0.4 is 5.56 Å². The van der Waals surface area contributed by atoms with Gasteiger partial charge in [0.15, 0.2) is 0 Å². The Morgan fingerprint density at radius 2 is 2.08 bits per heavy atom. The highest BCUT2D eigenvalue weighted by Gasteiger charge is 1.91. The van der Waals surface area contributed by atoms with Gasteiger partial charge in [-0.3, -0.25) is 4.79 Å². The molecule has 0 unspecified atom stereocenters. The molecule has 0 saturated carbocycles. The summed E-state index contributed by atoms with van der Waals surface area (Å²) in [4.78, 5) is 11.0. The van der Waals surface area contributed by atoms with Crippen LogP contribution in [-0.2, 0) is 6.54 Å². The zero-order valence-electron chi connectivity index (χ0n) is 8.37. The van der Waals surface area contributed by atoms with Gasteiger partial charge in [-0.25, -0.2) is 0 Å². The molecular weight excluding hydrogens is 162 g/mol. The first-order valence-corrected chi connectivity index (χ1v) is 4.34. The highest BCUT2D eigenvalue weighted by molar-refractivity contribution is 5.08. The Morgan fingerprint density at radius 1 is 1.46 bits per heavy atom. The largest absolute Gasteiger partial charge is 0.304 e. The van der Waals surface area contributed by atoms with Gasteiger partial charge in [-0.2, -0.15) is 0 Å². The van der Waals surface area contributed by atoms with Crippen LogP contribution in [0.3, 0.4) is 0 Å². The predicted octanol–water partition coefficient (Wildman–Crippen LogP) is 1.82. The zero-order chi connectivity index (χ0) is 10.3. The summed E-state index contributed by atoms with van der Waals surface area (Å²) in [5.74, 6) is 2.42. The van der Waals surface area contributed by atoms with Gasteiger partial charge in [0.1, 0.15) is 0 Å². The highest BCUT2D eigenvalue weighted by atomic mass is 16.1. The second-order valence-electron chi connectivity index (χ2n) is 2.38. The fourth-order valence-electron chi connectivity index (χ4n) is 0.873. The number of pyridine rings is 1. The Bertz CT molecular complexity index is 344. The minimum atomic E-state index is -0.0476. The molecule has 0 saturated heterocycles. The Morgan fingerprint density at radius 3 is 2.62 bits per heavy atom. The Balaban J connectivity index is 0.000000671. The molecule has 0 amide bonds. The van der Waals surface area contributed by atoms with Gasteiger partial charge in [0.2, 0.25) is 0 Å². The van der Waals surface area contributed by atoms with Crippen LogP contribution in [0.1, 0.15) is 19.4 Å². The van der Waals surface area contributed by atoms with E-state index in [1.54, 1.807) is 12.3 Å². The standard InChI is InChI=1S/C9H9NO.C2H6/c1-3-6-10-7-8(2)4-5-9(10)11;1-2/h1,4-5,7H,6H2,2H3;1-2H3. The van der Waals surface area contributed by atoms with Gasteiger partial charge in [0.05, 0.1) is 6.54 Å². The molecule has 0 spiro atoms. The average molecular weight is 177 g/mol. The van der Waals surface area contributed by atoms with E-state index in [0.29, 0.717) is 6.54 Å². The fourth-order valence-corrected chi connectivity index (χ4v) is 0.873. The van der Waals surface area contributed by atoms with Gasteiger partial charge in [-0.1, -0.05) is 25.8 Å². The molecule has 0 bridgehead atoms. The van der Waals surface area contributed by atoms with Crippen molar-refractivity contribution in [2.24, 2.45) is 0 Å². The van der Waals surface area contributed by atoms with Crippen molar-refractivity contribution < 1.29 is 0 Å². The molecule has 0 aliphatic rings. The van der Waals surface area contributed by atoms with Crippen LogP contribution >= 0.6 is 0 Å². The molecule has 1 aromatic heterocycles. The molecule has 1 aromatic rings. The second kappa shape index (κ2) is 6.07. The third-order valence-electron chi connectivity index (χ3n) is 1.39. The van der Waals surface area contributed by atoms with Crippen molar-refractivity contribution in [3.05, 3.63) is 34.2 Å². The lowest BCUT2D eigenvalue weighted by Gasteiger charge is -1.99. The van der Waals surface area contributed by atoms with Crippen molar-refractivity contribution in [3.8, 4) is 12.3 Å². The molecular formula is C11H15NO. The van der Waals surface area contributed by atoms with Gasteiger partial charge in [0, 0.05) is 12.3 Å². The first kappa shape index (κ1) is 11.5. The minimum Gasteiger partial charge on any atom is -0.304 e. The van der Waals surface area contributed by atoms with Gasteiger partial charge in [0.25, 0.3) is 5.56 Å². The number of aryl methyl sites for hydroxylation is 1. The predicted molar refractivity (Wildman–Crippen MR) is 55.6 cm³/mol. The number of rotatable bonds is 1. The van der Waals surface area contributed by atoms with Crippen molar-refractivity contribution in [2.75, 3.05) is 0 Å². The van der Waals surface area contributed by atoms with Gasteiger partial charge in [-0.05, 0) is 12.5 Å². The molecule has 0 atom stereocenters. The van der Waals surface area contributed by atoms with E-state index in [1.807, 2.05) is 20.8 Å². The van der Waals surface area contributed by atoms with E-state index in [-0.39, 0.29) is 5.56 Å². The zero-order valence-corrected chi connectivity index (χ0v) is 8.37. The molecule has 1 heterocycles. The normalized spacial score (nSPS) is 8.15. The first-order valence-electron chi connectivity index (χ1n) is 4.34. The van der Waals surface area contributed by atoms with Crippen molar-refractivity contribution in [1.82, 2.24) is 4.57 Å². The Hall–Kier alpha value is -1.49. The summed E-state index contributed by atoms with van der Waals surface area (Å²) in [5.41, 5.74) is 0.994. The molecule has 0 aromatic carbocycles. The molecule has 0 N–H and O–H groups in total. The van der Waals surface area contributed by atoms with Crippen molar-refractivity contribution >= 4 is 0 Å². The summed E-state index contributed by atoms with van der Waals surface area (Å²) in [5, 5.41) is 0. The number of nitrogens with zero attached hydrogens (tertiary/aromatic N) is 1. The van der Waals surface area contributed by atoms with Crippen molar-refractivity contribution in [3.63, 3.8) is 0 Å². The summed E-state index contributed by atoms with van der Waals surface area (Å²) in [6.45, 7) is 6.27. The SMILES string of the molecule is C#CCn1cc(C)ccc1=O.CC. The van der Waals surface area contributed by atoms with Crippen LogP contribution in [0.15, 0.2) is 23.1 Å². The van der Waals surface area contributed by atoms with Crippen LogP contribution in [-0.4, -0.2) is 4.57 Å². The quantitative estimate of drug-likeness (QED) is 0.600. The number of hydrogen-bond donors (Lipinski definition) is 0. The van der Waals surface area contributed by atoms with E-state index in [2.05, 4.69) is 5.92 Å². The number of terminal acetylenes is 1. The van der Waals surface area contributed by atoms with Crippen molar-refractivity contribution in [2.45, 2.75) is 27.3 Å². The first-order chi connectivity index (χ1) is 6.24. The van der Waals surface area contributed by atoms with Crippen LogP contribution in [0, 0.1) is 19.3 Å². The Labute approximate surface area is 79.2 Å². The van der Waals surface area contributed by atoms with Crippen LogP contribution in [0.4, 0.5) is 0 Å². The van der Waals surface area contributed by atoms with Gasteiger partial charge >= 0.3 is 0 Å². The molecule has 0 radical (unpaired) electrons. The third kappa shape index (κ3) is 3.62. The van der Waals surface area contributed by atoms with Crippen molar-refractivity contribution in [1.29, 1.82) is 0 Å². The number of aromatic nitrogens is 1. The summed E-state index contributed by atoms with van der Waals surface area (Å²) in [6, 6.07) is 3.29. The van der Waals surface area contributed by atoms with Gasteiger partial charge in [-0.15, -0.1) is 6.42 Å². The molecule has 0 aliphatic heterocycles. The lowest BCUT2D eigenvalue weighted by Crippen LogP contribution is -2.17. The maximum Gasteiger partial charge on any atom is 0.251 e. The van der Waals surface area contributed by atoms with E-state index in [1.165, 1.54) is 10.6 Å². The molecule has 0 aliphatic carbocycles. The van der Waals surface area contributed by atoms with E-state index in [0.717, 1.165) is 5.56 Å². The van der Waals surface area contributed by atoms with E-state index < -0.39 is 0 Å². The van der Waals surface area contributed by atoms with E-state index in [9.17, 15) is 4.79 Å². The summed E-state index contributed by atoms with van der Waals surface area (Å²) < 4.78 is 1.51. The maximum atomic E-state index is 11.0. The smallest absolute Gasteiger partial charge is 0.251 e. The molecule has 2 heteroatoms. The van der Waals surface area contributed by atoms with Crippen LogP contribution in [0.5, 0.6) is 0 Å². The second-order valence-corrected chi connectivity index (χ2v) is 2.38. The van der Waals surface area contributed by atoms with Crippen LogP contribution in [0.2, 0.25) is 0 Å². The molecule has 70 valence electrons. The Kier molecular flexibility index (Phi) is 5.38. The molecule has 2 nitrogen and oxygen atoms in total. The van der Waals surface area contributed by atoms with Gasteiger partial charge < -0.3 is 4.57 Å². The summed E-state index contributed by atoms with van der Waals surface area (Å²) in [6.07, 6.45) is 6.82. The lowest BCUT2D eigenvalue weighted by atomic mass is 10.3. The van der Waals surface area contributed by atoms with E-state index >= 15 is 0 Å². The average Bonchev–Trinajstić information content (AvgIpc) is 2.15. The molecule has 0 fully saturated rings. The third-order valence-corrected chi connectivity index (χ3v) is 1.39. The maximum absolute atomic E-state index is 11.0. The molecule has 13 heavy (non-hydrogen) atoms. The minimum absolute atomic E-state index is 0.0476. The van der Waals surface area contributed by atoms with Crippen LogP contribution in [0.25, 0.3) is 0 Å². The highest BCUT2D eigenvalue weighted by Crippen LogP contribution is 1.90. The topological polar surface area (TPSA) is 22.0 Å². The number of hydrogen-bond acceptors (Lipinski definition) is 1.